The Morgan fingerprint density at radius 2 is 1.93 bits per heavy atom. The number of aliphatic hydroxyl groups is 1. The third-order valence-electron chi connectivity index (χ3n) is 4.13. The first-order valence-corrected chi connectivity index (χ1v) is 9.14. The van der Waals surface area contributed by atoms with Gasteiger partial charge in [-0.25, -0.2) is 21.6 Å². The van der Waals surface area contributed by atoms with E-state index in [9.17, 15) is 35.5 Å². The van der Waals surface area contributed by atoms with Crippen molar-refractivity contribution in [1.82, 2.24) is 0 Å². The highest BCUT2D eigenvalue weighted by molar-refractivity contribution is 7.91. The van der Waals surface area contributed by atoms with E-state index in [1.165, 1.54) is 0 Å². The number of rotatable bonds is 4. The summed E-state index contributed by atoms with van der Waals surface area (Å²) in [6.45, 7) is 0. The lowest BCUT2D eigenvalue weighted by Crippen LogP contribution is -2.23. The van der Waals surface area contributed by atoms with E-state index in [0.29, 0.717) is 6.07 Å². The van der Waals surface area contributed by atoms with Crippen molar-refractivity contribution >= 4 is 9.84 Å². The number of hydrogen-bond acceptors (Lipinski definition) is 5. The van der Waals surface area contributed by atoms with Gasteiger partial charge in [0, 0.05) is 23.6 Å². The van der Waals surface area contributed by atoms with Crippen LogP contribution in [0.2, 0.25) is 0 Å². The van der Waals surface area contributed by atoms with Gasteiger partial charge in [-0.2, -0.15) is 14.0 Å². The number of sulfone groups is 1. The highest BCUT2D eigenvalue weighted by Gasteiger charge is 2.51. The lowest BCUT2D eigenvalue weighted by atomic mass is 10.1. The summed E-state index contributed by atoms with van der Waals surface area (Å²) in [5.74, 6) is -9.20. The Morgan fingerprint density at radius 1 is 1.25 bits per heavy atom. The third-order valence-corrected chi connectivity index (χ3v) is 5.57. The Labute approximate surface area is 155 Å². The molecule has 0 amide bonds. The van der Waals surface area contributed by atoms with Crippen LogP contribution in [-0.4, -0.2) is 25.2 Å². The minimum absolute atomic E-state index is 0.131. The van der Waals surface area contributed by atoms with Crippen LogP contribution in [0.4, 0.5) is 22.0 Å². The molecule has 0 saturated heterocycles. The number of aliphatic hydroxyl groups excluding tert-OH is 1. The highest BCUT2D eigenvalue weighted by atomic mass is 32.2. The smallest absolute Gasteiger partial charge is 0.341 e. The van der Waals surface area contributed by atoms with Gasteiger partial charge < -0.3 is 9.84 Å². The first kappa shape index (κ1) is 20.0. The van der Waals surface area contributed by atoms with Crippen LogP contribution in [0.15, 0.2) is 35.2 Å². The fourth-order valence-electron chi connectivity index (χ4n) is 2.90. The summed E-state index contributed by atoms with van der Waals surface area (Å²) in [7, 11) is -5.28. The molecule has 0 fully saturated rings. The number of hydrogen-bond donors (Lipinski definition) is 1. The summed E-state index contributed by atoms with van der Waals surface area (Å²) in [6.07, 6.45) is -3.82. The zero-order chi connectivity index (χ0) is 20.9. The van der Waals surface area contributed by atoms with E-state index < -0.39 is 55.9 Å². The van der Waals surface area contributed by atoms with Gasteiger partial charge in [0.15, 0.2) is 0 Å². The van der Waals surface area contributed by atoms with Gasteiger partial charge in [0.1, 0.15) is 23.4 Å². The van der Waals surface area contributed by atoms with Gasteiger partial charge in [-0.1, -0.05) is 0 Å². The minimum atomic E-state index is -5.28. The first-order chi connectivity index (χ1) is 13.0. The average Bonchev–Trinajstić information content (AvgIpc) is 2.85. The van der Waals surface area contributed by atoms with Gasteiger partial charge in [0.05, 0.1) is 16.5 Å². The molecule has 0 aromatic heterocycles. The van der Waals surface area contributed by atoms with E-state index in [1.54, 1.807) is 6.07 Å². The number of nitrogens with zero attached hydrogens (tertiary/aromatic N) is 1. The minimum Gasteiger partial charge on any atom is -0.457 e. The van der Waals surface area contributed by atoms with Crippen LogP contribution in [0, 0.1) is 17.1 Å². The van der Waals surface area contributed by atoms with Gasteiger partial charge in [0.2, 0.25) is 9.84 Å². The highest BCUT2D eigenvalue weighted by Crippen LogP contribution is 2.50. The average molecular weight is 419 g/mol. The summed E-state index contributed by atoms with van der Waals surface area (Å²) >= 11 is 0. The Morgan fingerprint density at radius 3 is 2.54 bits per heavy atom. The molecule has 0 bridgehead atoms. The van der Waals surface area contributed by atoms with Gasteiger partial charge in [-0.3, -0.25) is 0 Å². The number of benzene rings is 2. The summed E-state index contributed by atoms with van der Waals surface area (Å²) in [4.78, 5) is -1.13. The largest absolute Gasteiger partial charge is 0.457 e. The number of halogens is 5. The summed E-state index contributed by atoms with van der Waals surface area (Å²) in [6, 6.07) is 5.99. The number of ether oxygens (including phenoxy) is 1. The topological polar surface area (TPSA) is 87.4 Å². The molecule has 0 radical (unpaired) electrons. The SMILES string of the molecule is N#Cc1cc(F)cc(Oc2ccc(S(=O)(=O)C(F)F)c3c2CC(F)(F)C3O)c1. The molecule has 1 aliphatic rings. The summed E-state index contributed by atoms with van der Waals surface area (Å²) in [5, 5.41) is 18.7. The number of fused-ring (bicyclic) bond motifs is 1. The molecule has 0 aliphatic heterocycles. The molecular formula is C17H10F5NO4S. The first-order valence-electron chi connectivity index (χ1n) is 7.59. The maximum absolute atomic E-state index is 14.0. The molecule has 148 valence electrons. The van der Waals surface area contributed by atoms with Crippen molar-refractivity contribution in [3.05, 3.63) is 52.8 Å². The second kappa shape index (κ2) is 6.72. The molecule has 2 aromatic rings. The Bertz CT molecular complexity index is 1100. The molecule has 1 N–H and O–H groups in total. The van der Waals surface area contributed by atoms with Crippen LogP contribution in [-0.2, 0) is 16.3 Å². The Hall–Kier alpha value is -2.71. The van der Waals surface area contributed by atoms with Crippen molar-refractivity contribution in [1.29, 1.82) is 5.26 Å². The molecule has 1 aliphatic carbocycles. The molecule has 1 unspecified atom stereocenters. The molecule has 0 saturated carbocycles. The molecule has 1 atom stereocenters. The van der Waals surface area contributed by atoms with E-state index in [2.05, 4.69) is 0 Å². The molecule has 2 aromatic carbocycles. The monoisotopic (exact) mass is 419 g/mol. The maximum atomic E-state index is 14.0. The Balaban J connectivity index is 2.17. The lowest BCUT2D eigenvalue weighted by molar-refractivity contribution is -0.0976. The van der Waals surface area contributed by atoms with Crippen molar-refractivity contribution < 1.29 is 40.2 Å². The van der Waals surface area contributed by atoms with Crippen LogP contribution in [0.5, 0.6) is 11.5 Å². The molecule has 3 rings (SSSR count). The van der Waals surface area contributed by atoms with Crippen molar-refractivity contribution in [3.63, 3.8) is 0 Å². The van der Waals surface area contributed by atoms with Crippen LogP contribution in [0.25, 0.3) is 0 Å². The normalized spacial score (nSPS) is 18.0. The lowest BCUT2D eigenvalue weighted by Gasteiger charge is -2.16. The predicted octanol–water partition coefficient (Wildman–Crippen LogP) is 3.71. The van der Waals surface area contributed by atoms with Crippen molar-refractivity contribution in [3.8, 4) is 17.6 Å². The molecule has 5 nitrogen and oxygen atoms in total. The zero-order valence-corrected chi connectivity index (χ0v) is 14.5. The van der Waals surface area contributed by atoms with Crippen molar-refractivity contribution in [2.24, 2.45) is 0 Å². The fourth-order valence-corrected chi connectivity index (χ4v) is 3.89. The molecule has 28 heavy (non-hydrogen) atoms. The van der Waals surface area contributed by atoms with E-state index >= 15 is 0 Å². The van der Waals surface area contributed by atoms with Gasteiger partial charge in [0.25, 0.3) is 5.92 Å². The third kappa shape index (κ3) is 3.29. The molecular weight excluding hydrogens is 409 g/mol. The van der Waals surface area contributed by atoms with Crippen molar-refractivity contribution in [2.45, 2.75) is 29.1 Å². The quantitative estimate of drug-likeness (QED) is 0.764. The van der Waals surface area contributed by atoms with E-state index in [1.807, 2.05) is 0 Å². The maximum Gasteiger partial charge on any atom is 0.341 e. The number of nitriles is 1. The van der Waals surface area contributed by atoms with E-state index in [-0.39, 0.29) is 17.1 Å². The summed E-state index contributed by atoms with van der Waals surface area (Å²) < 4.78 is 96.3. The van der Waals surface area contributed by atoms with Crippen LogP contribution in [0.3, 0.4) is 0 Å². The standard InChI is InChI=1S/C17H10F5NO4S/c18-9-3-8(7-23)4-10(5-9)27-12-1-2-13(28(25,26)16(19)20)14-11(12)6-17(21,22)15(14)24/h1-5,15-16,24H,6H2. The Kier molecular flexibility index (Phi) is 4.81. The van der Waals surface area contributed by atoms with Gasteiger partial charge in [-0.15, -0.1) is 0 Å². The van der Waals surface area contributed by atoms with Gasteiger partial charge >= 0.3 is 5.76 Å². The number of alkyl halides is 4. The molecule has 0 spiro atoms. The van der Waals surface area contributed by atoms with E-state index in [0.717, 1.165) is 24.3 Å². The fraction of sp³-hybridized carbons (Fsp3) is 0.235. The predicted molar refractivity (Wildman–Crippen MR) is 84.4 cm³/mol. The van der Waals surface area contributed by atoms with Crippen molar-refractivity contribution in [2.75, 3.05) is 0 Å². The van der Waals surface area contributed by atoms with Crippen LogP contribution in [0.1, 0.15) is 22.8 Å². The van der Waals surface area contributed by atoms with Crippen LogP contribution < -0.4 is 4.74 Å². The molecule has 0 heterocycles. The van der Waals surface area contributed by atoms with E-state index in [4.69, 9.17) is 10.00 Å². The second-order valence-electron chi connectivity index (χ2n) is 5.99. The summed E-state index contributed by atoms with van der Waals surface area (Å²) in [5.41, 5.74) is -1.52. The zero-order valence-electron chi connectivity index (χ0n) is 13.7. The van der Waals surface area contributed by atoms with Gasteiger partial charge in [-0.05, 0) is 24.3 Å². The molecule has 11 heteroatoms. The van der Waals surface area contributed by atoms with Crippen LogP contribution >= 0.6 is 0 Å². The second-order valence-corrected chi connectivity index (χ2v) is 7.88.